The van der Waals surface area contributed by atoms with Crippen molar-refractivity contribution < 1.29 is 33.3 Å². The molecule has 1 saturated heterocycles. The summed E-state index contributed by atoms with van der Waals surface area (Å²) in [4.78, 5) is 40.3. The lowest BCUT2D eigenvalue weighted by atomic mass is 10.1. The van der Waals surface area contributed by atoms with Crippen molar-refractivity contribution in [3.8, 4) is 0 Å². The van der Waals surface area contributed by atoms with Gasteiger partial charge in [-0.3, -0.25) is 0 Å². The van der Waals surface area contributed by atoms with Crippen LogP contribution in [0.4, 0.5) is 0 Å². The van der Waals surface area contributed by atoms with E-state index in [1.807, 2.05) is 30.3 Å². The van der Waals surface area contributed by atoms with Gasteiger partial charge < -0.3 is 18.9 Å². The Bertz CT molecular complexity index is 1420. The lowest BCUT2D eigenvalue weighted by Gasteiger charge is -2.40. The molecule has 0 amide bonds. The predicted molar refractivity (Wildman–Crippen MR) is 149 cm³/mol. The van der Waals surface area contributed by atoms with E-state index in [1.54, 1.807) is 91.0 Å². The number of rotatable bonds is 8. The third-order valence-electron chi connectivity index (χ3n) is 6.15. The standard InChI is InChI=1S/C32H26O7S/c33-29(22-13-5-1-6-14-22)37-26-21-36-32(40-25-19-11-4-12-20-25)28(39-31(35)24-17-9-3-10-18-24)27(26)38-30(34)23-15-7-2-8-16-23/h1-20,26-28,32H,21H2/t26-,27+,28-,32+/m1/s1/i29+1,30+1,31+1. The van der Waals surface area contributed by atoms with Crippen LogP contribution in [0.3, 0.4) is 0 Å². The van der Waals surface area contributed by atoms with Gasteiger partial charge in [0.25, 0.3) is 0 Å². The van der Waals surface area contributed by atoms with Gasteiger partial charge >= 0.3 is 17.9 Å². The Labute approximate surface area is 236 Å². The summed E-state index contributed by atoms with van der Waals surface area (Å²) in [7, 11) is 0. The van der Waals surface area contributed by atoms with Crippen LogP contribution < -0.4 is 0 Å². The molecule has 0 N–H and O–H groups in total. The van der Waals surface area contributed by atoms with Crippen molar-refractivity contribution >= 4 is 29.7 Å². The molecule has 8 heteroatoms. The van der Waals surface area contributed by atoms with Crippen LogP contribution >= 0.6 is 11.8 Å². The predicted octanol–water partition coefficient (Wildman–Crippen LogP) is 5.81. The van der Waals surface area contributed by atoms with Crippen LogP contribution in [-0.2, 0) is 18.9 Å². The van der Waals surface area contributed by atoms with E-state index < -0.39 is 41.7 Å². The van der Waals surface area contributed by atoms with Gasteiger partial charge in [-0.25, -0.2) is 14.4 Å². The zero-order valence-electron chi connectivity index (χ0n) is 21.3. The van der Waals surface area contributed by atoms with Crippen LogP contribution in [0.2, 0.25) is 0 Å². The first-order valence-corrected chi connectivity index (χ1v) is 13.6. The summed E-state index contributed by atoms with van der Waals surface area (Å²) in [6, 6.07) is 34.9. The Morgan fingerprint density at radius 3 is 1.43 bits per heavy atom. The second-order valence-corrected chi connectivity index (χ2v) is 10.1. The zero-order chi connectivity index (χ0) is 27.7. The summed E-state index contributed by atoms with van der Waals surface area (Å²) in [5.74, 6) is -1.88. The quantitative estimate of drug-likeness (QED) is 0.152. The van der Waals surface area contributed by atoms with Gasteiger partial charge in [-0.15, -0.1) is 0 Å². The molecule has 40 heavy (non-hydrogen) atoms. The normalized spacial score (nSPS) is 20.2. The minimum absolute atomic E-state index is 0.0742. The Morgan fingerprint density at radius 1 is 0.550 bits per heavy atom. The van der Waals surface area contributed by atoms with Gasteiger partial charge in [-0.2, -0.15) is 0 Å². The maximum absolute atomic E-state index is 13.2. The van der Waals surface area contributed by atoms with Gasteiger partial charge in [0.1, 0.15) is 5.44 Å². The lowest BCUT2D eigenvalue weighted by molar-refractivity contribution is -0.167. The Morgan fingerprint density at radius 2 is 0.950 bits per heavy atom. The molecule has 0 aromatic heterocycles. The van der Waals surface area contributed by atoms with E-state index in [2.05, 4.69) is 0 Å². The largest absolute Gasteiger partial charge is 0.452 e. The average molecular weight is 558 g/mol. The molecule has 1 aliphatic heterocycles. The first-order chi connectivity index (χ1) is 19.6. The molecular weight excluding hydrogens is 531 g/mol. The highest BCUT2D eigenvalue weighted by Gasteiger charge is 2.48. The first kappa shape index (κ1) is 27.2. The fourth-order valence-electron chi connectivity index (χ4n) is 4.16. The number of ether oxygens (including phenoxy) is 4. The van der Waals surface area contributed by atoms with Gasteiger partial charge in [0.05, 0.1) is 23.3 Å². The SMILES string of the molecule is O=[13C](O[C@@H]1[C@@H](O[13C](=O)c2ccccc2)[C@H](Sc2ccccc2)OC[C@H]1O[13C](=O)c1ccccc1)c1ccccc1. The molecule has 0 unspecified atom stereocenters. The van der Waals surface area contributed by atoms with Crippen LogP contribution in [0, 0.1) is 0 Å². The number of carbonyl (C=O) groups is 3. The van der Waals surface area contributed by atoms with Crippen LogP contribution in [-0.4, -0.2) is 48.3 Å². The topological polar surface area (TPSA) is 88.1 Å². The second-order valence-electron chi connectivity index (χ2n) is 8.91. The fourth-order valence-corrected chi connectivity index (χ4v) is 5.23. The summed E-state index contributed by atoms with van der Waals surface area (Å²) < 4.78 is 23.8. The molecular formula is C32H26O7S. The molecule has 4 atom stereocenters. The molecule has 0 radical (unpaired) electrons. The minimum Gasteiger partial charge on any atom is -0.452 e. The second kappa shape index (κ2) is 13.1. The van der Waals surface area contributed by atoms with Crippen molar-refractivity contribution in [2.24, 2.45) is 0 Å². The van der Waals surface area contributed by atoms with E-state index in [0.29, 0.717) is 16.7 Å². The molecule has 0 bridgehead atoms. The molecule has 0 spiro atoms. The van der Waals surface area contributed by atoms with Gasteiger partial charge in [0.2, 0.25) is 0 Å². The zero-order valence-corrected chi connectivity index (χ0v) is 22.1. The van der Waals surface area contributed by atoms with Crippen molar-refractivity contribution in [3.05, 3.63) is 138 Å². The Hall–Kier alpha value is -4.40. The van der Waals surface area contributed by atoms with Crippen LogP contribution in [0.15, 0.2) is 126 Å². The van der Waals surface area contributed by atoms with Crippen molar-refractivity contribution in [3.63, 3.8) is 0 Å². The summed E-state index contributed by atoms with van der Waals surface area (Å²) in [6.07, 6.45) is -3.29. The summed E-state index contributed by atoms with van der Waals surface area (Å²) in [5.41, 5.74) is 0.203. The van der Waals surface area contributed by atoms with E-state index in [-0.39, 0.29) is 6.61 Å². The molecule has 5 rings (SSSR count). The van der Waals surface area contributed by atoms with E-state index in [4.69, 9.17) is 18.9 Å². The highest BCUT2D eigenvalue weighted by Crippen LogP contribution is 2.35. The molecule has 0 aliphatic carbocycles. The van der Waals surface area contributed by atoms with Crippen LogP contribution in [0.5, 0.6) is 0 Å². The van der Waals surface area contributed by atoms with E-state index in [9.17, 15) is 14.4 Å². The smallest absolute Gasteiger partial charge is 0.338 e. The summed E-state index contributed by atoms with van der Waals surface area (Å²) in [6.45, 7) is -0.0742. The number of benzene rings is 4. The number of esters is 3. The maximum atomic E-state index is 13.2. The lowest BCUT2D eigenvalue weighted by Crippen LogP contribution is -2.56. The first-order valence-electron chi connectivity index (χ1n) is 12.7. The van der Waals surface area contributed by atoms with E-state index in [0.717, 1.165) is 4.90 Å². The molecule has 202 valence electrons. The molecule has 4 aromatic rings. The number of hydrogen-bond donors (Lipinski definition) is 0. The van der Waals surface area contributed by atoms with Gasteiger partial charge in [-0.05, 0) is 48.5 Å². The summed E-state index contributed by atoms with van der Waals surface area (Å²) in [5, 5.41) is 0. The van der Waals surface area contributed by atoms with Crippen LogP contribution in [0.1, 0.15) is 31.1 Å². The van der Waals surface area contributed by atoms with E-state index >= 15 is 0 Å². The third-order valence-corrected chi connectivity index (χ3v) is 7.33. The van der Waals surface area contributed by atoms with Crippen molar-refractivity contribution in [1.82, 2.24) is 0 Å². The Kier molecular flexibility index (Phi) is 8.90. The monoisotopic (exact) mass is 557 g/mol. The highest BCUT2D eigenvalue weighted by molar-refractivity contribution is 7.99. The van der Waals surface area contributed by atoms with Gasteiger partial charge in [-0.1, -0.05) is 84.6 Å². The van der Waals surface area contributed by atoms with Gasteiger partial charge in [0, 0.05) is 4.90 Å². The fraction of sp³-hybridized carbons (Fsp3) is 0.156. The van der Waals surface area contributed by atoms with Crippen molar-refractivity contribution in [1.29, 1.82) is 0 Å². The van der Waals surface area contributed by atoms with Crippen LogP contribution in [0.25, 0.3) is 0 Å². The average Bonchev–Trinajstić information content (AvgIpc) is 3.01. The van der Waals surface area contributed by atoms with Gasteiger partial charge in [0.15, 0.2) is 18.3 Å². The van der Waals surface area contributed by atoms with E-state index in [1.165, 1.54) is 11.8 Å². The summed E-state index contributed by atoms with van der Waals surface area (Å²) >= 11 is 1.32. The van der Waals surface area contributed by atoms with Crippen molar-refractivity contribution in [2.45, 2.75) is 28.6 Å². The minimum atomic E-state index is -1.15. The molecule has 1 aliphatic rings. The molecule has 0 saturated carbocycles. The molecule has 1 fully saturated rings. The molecule has 1 heterocycles. The highest BCUT2D eigenvalue weighted by atomic mass is 32.2. The molecule has 4 aromatic carbocycles. The number of thioether (sulfide) groups is 1. The van der Waals surface area contributed by atoms with Crippen molar-refractivity contribution in [2.75, 3.05) is 6.61 Å². The maximum Gasteiger partial charge on any atom is 0.338 e. The number of hydrogen-bond acceptors (Lipinski definition) is 8. The number of carbonyl (C=O) groups excluding carboxylic acids is 3. The third kappa shape index (κ3) is 6.77. The Balaban J connectivity index is 1.48. The molecule has 7 nitrogen and oxygen atoms in total.